The molecule has 110 valence electrons. The van der Waals surface area contributed by atoms with E-state index in [0.29, 0.717) is 6.04 Å². The van der Waals surface area contributed by atoms with Crippen LogP contribution < -0.4 is 5.32 Å². The molecule has 1 N–H and O–H groups in total. The van der Waals surface area contributed by atoms with Crippen LogP contribution in [-0.2, 0) is 6.42 Å². The van der Waals surface area contributed by atoms with Gasteiger partial charge in [0.2, 0.25) is 0 Å². The topological polar surface area (TPSA) is 12.0 Å². The molecule has 2 aliphatic rings. The Morgan fingerprint density at radius 3 is 2.85 bits per heavy atom. The summed E-state index contributed by atoms with van der Waals surface area (Å²) in [5, 5.41) is 3.90. The SMILES string of the molecule is CCCNC(C1CCCC(C)C1)C1Cc2ccccc21. The zero-order valence-electron chi connectivity index (χ0n) is 13.1. The van der Waals surface area contributed by atoms with Crippen molar-refractivity contribution >= 4 is 0 Å². The maximum Gasteiger partial charge on any atom is 0.0167 e. The molecular formula is C19H29N. The summed E-state index contributed by atoms with van der Waals surface area (Å²) in [5.74, 6) is 2.59. The first kappa shape index (κ1) is 14.1. The van der Waals surface area contributed by atoms with Gasteiger partial charge in [-0.1, -0.05) is 51.0 Å². The lowest BCUT2D eigenvalue weighted by Crippen LogP contribution is -2.46. The quantitative estimate of drug-likeness (QED) is 0.830. The van der Waals surface area contributed by atoms with Gasteiger partial charge in [-0.3, -0.25) is 0 Å². The second kappa shape index (κ2) is 6.30. The third-order valence-corrected chi connectivity index (χ3v) is 5.44. The molecule has 0 aromatic heterocycles. The standard InChI is InChI=1S/C19H29N/c1-3-11-20-19(16-9-6-7-14(2)12-16)18-13-15-8-4-5-10-17(15)18/h4-5,8,10,14,16,18-20H,3,6-7,9,11-13H2,1-2H3. The Labute approximate surface area is 124 Å². The minimum Gasteiger partial charge on any atom is -0.313 e. The van der Waals surface area contributed by atoms with Crippen molar-refractivity contribution in [3.63, 3.8) is 0 Å². The maximum atomic E-state index is 3.90. The normalized spacial score (nSPS) is 30.4. The summed E-state index contributed by atoms with van der Waals surface area (Å²) >= 11 is 0. The number of nitrogens with one attached hydrogen (secondary N) is 1. The first-order chi connectivity index (χ1) is 9.79. The van der Waals surface area contributed by atoms with Crippen molar-refractivity contribution in [1.82, 2.24) is 5.32 Å². The first-order valence-corrected chi connectivity index (χ1v) is 8.60. The molecule has 0 spiro atoms. The molecule has 1 nitrogen and oxygen atoms in total. The van der Waals surface area contributed by atoms with Crippen LogP contribution in [0.1, 0.15) is 63.0 Å². The molecule has 0 bridgehead atoms. The second-order valence-electron chi connectivity index (χ2n) is 7.02. The van der Waals surface area contributed by atoms with E-state index in [2.05, 4.69) is 43.4 Å². The fourth-order valence-electron chi connectivity index (χ4n) is 4.37. The molecule has 4 atom stereocenters. The van der Waals surface area contributed by atoms with Crippen molar-refractivity contribution in [2.45, 2.75) is 64.3 Å². The third-order valence-electron chi connectivity index (χ3n) is 5.44. The van der Waals surface area contributed by atoms with Crippen molar-refractivity contribution in [2.75, 3.05) is 6.54 Å². The molecule has 1 aromatic rings. The average molecular weight is 271 g/mol. The predicted molar refractivity (Wildman–Crippen MR) is 86.1 cm³/mol. The summed E-state index contributed by atoms with van der Waals surface area (Å²) in [6.45, 7) is 5.90. The van der Waals surface area contributed by atoms with Crippen LogP contribution >= 0.6 is 0 Å². The summed E-state index contributed by atoms with van der Waals surface area (Å²) in [4.78, 5) is 0. The minimum absolute atomic E-state index is 0.715. The molecule has 20 heavy (non-hydrogen) atoms. The fraction of sp³-hybridized carbons (Fsp3) is 0.684. The highest BCUT2D eigenvalue weighted by Crippen LogP contribution is 2.43. The van der Waals surface area contributed by atoms with Crippen LogP contribution in [0.25, 0.3) is 0 Å². The Morgan fingerprint density at radius 2 is 2.10 bits per heavy atom. The van der Waals surface area contributed by atoms with Crippen LogP contribution in [0.3, 0.4) is 0 Å². The Kier molecular flexibility index (Phi) is 4.45. The number of fused-ring (bicyclic) bond motifs is 1. The van der Waals surface area contributed by atoms with E-state index in [1.807, 2.05) is 0 Å². The van der Waals surface area contributed by atoms with Gasteiger partial charge in [-0.2, -0.15) is 0 Å². The van der Waals surface area contributed by atoms with Gasteiger partial charge < -0.3 is 5.32 Å². The minimum atomic E-state index is 0.715. The Bertz CT molecular complexity index is 439. The summed E-state index contributed by atoms with van der Waals surface area (Å²) < 4.78 is 0. The molecule has 0 amide bonds. The summed E-state index contributed by atoms with van der Waals surface area (Å²) in [5.41, 5.74) is 3.21. The first-order valence-electron chi connectivity index (χ1n) is 8.60. The van der Waals surface area contributed by atoms with Crippen LogP contribution in [0.15, 0.2) is 24.3 Å². The van der Waals surface area contributed by atoms with E-state index >= 15 is 0 Å². The summed E-state index contributed by atoms with van der Waals surface area (Å²) in [6, 6.07) is 9.78. The zero-order valence-corrected chi connectivity index (χ0v) is 13.1. The Balaban J connectivity index is 1.74. The van der Waals surface area contributed by atoms with E-state index in [0.717, 1.165) is 17.8 Å². The van der Waals surface area contributed by atoms with Crippen molar-refractivity contribution < 1.29 is 0 Å². The molecule has 4 unspecified atom stereocenters. The van der Waals surface area contributed by atoms with E-state index in [9.17, 15) is 0 Å². The van der Waals surface area contributed by atoms with E-state index in [1.54, 1.807) is 11.1 Å². The van der Waals surface area contributed by atoms with Gasteiger partial charge in [-0.15, -0.1) is 0 Å². The highest BCUT2D eigenvalue weighted by Gasteiger charge is 2.37. The van der Waals surface area contributed by atoms with E-state index < -0.39 is 0 Å². The monoisotopic (exact) mass is 271 g/mol. The molecule has 1 aromatic carbocycles. The number of rotatable bonds is 5. The van der Waals surface area contributed by atoms with E-state index in [1.165, 1.54) is 45.1 Å². The average Bonchev–Trinajstić information content (AvgIpc) is 2.44. The molecule has 0 heterocycles. The van der Waals surface area contributed by atoms with Gasteiger partial charge in [-0.25, -0.2) is 0 Å². The molecular weight excluding hydrogens is 242 g/mol. The lowest BCUT2D eigenvalue weighted by Gasteiger charge is -2.43. The molecule has 3 rings (SSSR count). The van der Waals surface area contributed by atoms with Crippen molar-refractivity contribution in [1.29, 1.82) is 0 Å². The largest absolute Gasteiger partial charge is 0.313 e. The number of hydrogen-bond donors (Lipinski definition) is 1. The number of benzene rings is 1. The predicted octanol–water partition coefficient (Wildman–Crippen LogP) is 4.52. The van der Waals surface area contributed by atoms with Gasteiger partial charge in [0.15, 0.2) is 0 Å². The van der Waals surface area contributed by atoms with E-state index in [-0.39, 0.29) is 0 Å². The van der Waals surface area contributed by atoms with Gasteiger partial charge in [-0.05, 0) is 55.2 Å². The fourth-order valence-corrected chi connectivity index (χ4v) is 4.37. The van der Waals surface area contributed by atoms with Gasteiger partial charge in [0.05, 0.1) is 0 Å². The summed E-state index contributed by atoms with van der Waals surface area (Å²) in [6.07, 6.45) is 8.28. The van der Waals surface area contributed by atoms with Crippen LogP contribution in [-0.4, -0.2) is 12.6 Å². The molecule has 1 fully saturated rings. The smallest absolute Gasteiger partial charge is 0.0167 e. The molecule has 0 aliphatic heterocycles. The molecule has 1 saturated carbocycles. The van der Waals surface area contributed by atoms with Crippen molar-refractivity contribution in [3.8, 4) is 0 Å². The van der Waals surface area contributed by atoms with Gasteiger partial charge in [0, 0.05) is 12.0 Å². The number of hydrogen-bond acceptors (Lipinski definition) is 1. The van der Waals surface area contributed by atoms with Crippen molar-refractivity contribution in [3.05, 3.63) is 35.4 Å². The molecule has 0 saturated heterocycles. The zero-order chi connectivity index (χ0) is 13.9. The van der Waals surface area contributed by atoms with Gasteiger partial charge in [0.25, 0.3) is 0 Å². The lowest BCUT2D eigenvalue weighted by atomic mass is 9.66. The van der Waals surface area contributed by atoms with Crippen LogP contribution in [0.5, 0.6) is 0 Å². The van der Waals surface area contributed by atoms with Gasteiger partial charge in [0.1, 0.15) is 0 Å². The Hall–Kier alpha value is -0.820. The maximum absolute atomic E-state index is 3.90. The van der Waals surface area contributed by atoms with E-state index in [4.69, 9.17) is 0 Å². The van der Waals surface area contributed by atoms with Crippen LogP contribution in [0.2, 0.25) is 0 Å². The molecule has 2 aliphatic carbocycles. The van der Waals surface area contributed by atoms with Crippen LogP contribution in [0, 0.1) is 11.8 Å². The van der Waals surface area contributed by atoms with Crippen molar-refractivity contribution in [2.24, 2.45) is 11.8 Å². The highest BCUT2D eigenvalue weighted by atomic mass is 14.9. The third kappa shape index (κ3) is 2.79. The lowest BCUT2D eigenvalue weighted by molar-refractivity contribution is 0.193. The van der Waals surface area contributed by atoms with Gasteiger partial charge >= 0.3 is 0 Å². The highest BCUT2D eigenvalue weighted by molar-refractivity contribution is 5.41. The molecule has 0 radical (unpaired) electrons. The molecule has 1 heteroatoms. The Morgan fingerprint density at radius 1 is 1.25 bits per heavy atom. The summed E-state index contributed by atoms with van der Waals surface area (Å²) in [7, 11) is 0. The second-order valence-corrected chi connectivity index (χ2v) is 7.02. The van der Waals surface area contributed by atoms with Crippen LogP contribution in [0.4, 0.5) is 0 Å².